The molecule has 1 fully saturated rings. The van der Waals surface area contributed by atoms with Crippen LogP contribution in [0.25, 0.3) is 10.9 Å². The zero-order valence-corrected chi connectivity index (χ0v) is 13.1. The Balaban J connectivity index is 1.73. The van der Waals surface area contributed by atoms with Crippen LogP contribution in [0.5, 0.6) is 0 Å². The van der Waals surface area contributed by atoms with E-state index in [2.05, 4.69) is 41.3 Å². The van der Waals surface area contributed by atoms with Gasteiger partial charge < -0.3 is 14.6 Å². The largest absolute Gasteiger partial charge is 0.466 e. The Morgan fingerprint density at radius 1 is 1.45 bits per heavy atom. The number of hydrogen-bond donors (Lipinski definition) is 1. The first-order valence-corrected chi connectivity index (χ1v) is 8.14. The van der Waals surface area contributed by atoms with E-state index >= 15 is 0 Å². The van der Waals surface area contributed by atoms with Gasteiger partial charge in [0, 0.05) is 35.6 Å². The summed E-state index contributed by atoms with van der Waals surface area (Å²) in [4.78, 5) is 17.9. The van der Waals surface area contributed by atoms with E-state index in [9.17, 15) is 4.79 Å². The van der Waals surface area contributed by atoms with E-state index in [1.807, 2.05) is 6.92 Å². The molecule has 3 atom stereocenters. The second-order valence-corrected chi connectivity index (χ2v) is 6.59. The normalized spacial score (nSPS) is 27.6. The SMILES string of the molecule is CCOC(=O)C1CC2c3cccc4[nH]cc(c34)C[C@H]2N(C)C1. The van der Waals surface area contributed by atoms with Gasteiger partial charge in [-0.15, -0.1) is 0 Å². The first kappa shape index (κ1) is 13.8. The number of H-pyrrole nitrogens is 1. The molecule has 0 bridgehead atoms. The fourth-order valence-electron chi connectivity index (χ4n) is 4.37. The van der Waals surface area contributed by atoms with Gasteiger partial charge in [0.15, 0.2) is 0 Å². The Morgan fingerprint density at radius 2 is 2.32 bits per heavy atom. The highest BCUT2D eigenvalue weighted by Gasteiger charge is 2.41. The van der Waals surface area contributed by atoms with Crippen molar-refractivity contribution in [2.45, 2.75) is 31.7 Å². The van der Waals surface area contributed by atoms with E-state index in [1.165, 1.54) is 22.0 Å². The number of rotatable bonds is 2. The van der Waals surface area contributed by atoms with Crippen LogP contribution in [0, 0.1) is 5.92 Å². The molecule has 1 aliphatic carbocycles. The Bertz CT molecular complexity index is 721. The lowest BCUT2D eigenvalue weighted by Crippen LogP contribution is -2.49. The van der Waals surface area contributed by atoms with E-state index < -0.39 is 0 Å². The van der Waals surface area contributed by atoms with E-state index in [0.717, 1.165) is 19.4 Å². The third kappa shape index (κ3) is 1.97. The van der Waals surface area contributed by atoms with Gasteiger partial charge in [-0.05, 0) is 44.0 Å². The molecule has 2 aromatic rings. The van der Waals surface area contributed by atoms with Gasteiger partial charge in [-0.2, -0.15) is 0 Å². The van der Waals surface area contributed by atoms with Gasteiger partial charge in [-0.3, -0.25) is 4.79 Å². The monoisotopic (exact) mass is 298 g/mol. The van der Waals surface area contributed by atoms with Crippen molar-refractivity contribution >= 4 is 16.9 Å². The van der Waals surface area contributed by atoms with Crippen molar-refractivity contribution in [3.8, 4) is 0 Å². The number of likely N-dealkylation sites (N-methyl/N-ethyl adjacent to an activating group) is 1. The molecule has 4 heteroatoms. The number of carbonyl (C=O) groups is 1. The predicted molar refractivity (Wildman–Crippen MR) is 85.9 cm³/mol. The summed E-state index contributed by atoms with van der Waals surface area (Å²) < 4.78 is 5.27. The van der Waals surface area contributed by atoms with E-state index in [4.69, 9.17) is 4.74 Å². The zero-order chi connectivity index (χ0) is 15.3. The zero-order valence-electron chi connectivity index (χ0n) is 13.1. The van der Waals surface area contributed by atoms with Gasteiger partial charge in [-0.25, -0.2) is 0 Å². The number of carbonyl (C=O) groups excluding carboxylic acids is 1. The quantitative estimate of drug-likeness (QED) is 0.867. The topological polar surface area (TPSA) is 45.3 Å². The van der Waals surface area contributed by atoms with Gasteiger partial charge in [0.1, 0.15) is 0 Å². The van der Waals surface area contributed by atoms with Gasteiger partial charge in [0.2, 0.25) is 0 Å². The highest BCUT2D eigenvalue weighted by molar-refractivity contribution is 5.88. The molecule has 4 nitrogen and oxygen atoms in total. The molecular weight excluding hydrogens is 276 g/mol. The molecular formula is C18H22N2O2. The minimum absolute atomic E-state index is 0.0121. The van der Waals surface area contributed by atoms with Crippen LogP contribution < -0.4 is 0 Å². The van der Waals surface area contributed by atoms with Crippen molar-refractivity contribution in [3.63, 3.8) is 0 Å². The Morgan fingerprint density at radius 3 is 3.14 bits per heavy atom. The fraction of sp³-hybridized carbons (Fsp3) is 0.500. The standard InChI is InChI=1S/C18H22N2O2/c1-3-22-18(21)12-7-14-13-5-4-6-15-17(13)11(9-19-15)8-16(14)20(2)10-12/h4-6,9,12,14,16,19H,3,7-8,10H2,1-2H3/t12?,14?,16-/m1/s1. The lowest BCUT2D eigenvalue weighted by molar-refractivity contribution is -0.150. The summed E-state index contributed by atoms with van der Waals surface area (Å²) in [7, 11) is 2.14. The highest BCUT2D eigenvalue weighted by Crippen LogP contribution is 2.44. The van der Waals surface area contributed by atoms with Crippen LogP contribution in [0.1, 0.15) is 30.4 Å². The maximum Gasteiger partial charge on any atom is 0.310 e. The molecule has 2 aliphatic rings. The molecule has 2 heterocycles. The Hall–Kier alpha value is -1.81. The minimum atomic E-state index is -0.0418. The summed E-state index contributed by atoms with van der Waals surface area (Å²) in [5.41, 5.74) is 4.02. The number of likely N-dealkylation sites (tertiary alicyclic amines) is 1. The van der Waals surface area contributed by atoms with Crippen molar-refractivity contribution in [3.05, 3.63) is 35.5 Å². The number of piperidine rings is 1. The summed E-state index contributed by atoms with van der Waals surface area (Å²) >= 11 is 0. The van der Waals surface area contributed by atoms with Gasteiger partial charge >= 0.3 is 5.97 Å². The second kappa shape index (κ2) is 5.13. The summed E-state index contributed by atoms with van der Waals surface area (Å²) in [5, 5.41) is 1.38. The first-order chi connectivity index (χ1) is 10.7. The highest BCUT2D eigenvalue weighted by atomic mass is 16.5. The van der Waals surface area contributed by atoms with Gasteiger partial charge in [0.25, 0.3) is 0 Å². The smallest absolute Gasteiger partial charge is 0.310 e. The lowest BCUT2D eigenvalue weighted by atomic mass is 9.72. The van der Waals surface area contributed by atoms with Crippen LogP contribution in [-0.4, -0.2) is 42.1 Å². The summed E-state index contributed by atoms with van der Waals surface area (Å²) in [6.45, 7) is 3.14. The molecule has 0 spiro atoms. The molecule has 1 aromatic carbocycles. The Labute approximate surface area is 130 Å². The lowest BCUT2D eigenvalue weighted by Gasteiger charge is -2.44. The first-order valence-electron chi connectivity index (χ1n) is 8.14. The molecule has 1 aromatic heterocycles. The molecule has 22 heavy (non-hydrogen) atoms. The maximum absolute atomic E-state index is 12.2. The molecule has 0 amide bonds. The number of hydrogen-bond acceptors (Lipinski definition) is 3. The summed E-state index contributed by atoms with van der Waals surface area (Å²) in [6, 6.07) is 6.98. The van der Waals surface area contributed by atoms with Crippen molar-refractivity contribution in [1.29, 1.82) is 0 Å². The van der Waals surface area contributed by atoms with Crippen LogP contribution in [0.3, 0.4) is 0 Å². The van der Waals surface area contributed by atoms with Crippen LogP contribution in [-0.2, 0) is 16.0 Å². The molecule has 1 saturated heterocycles. The number of nitrogens with one attached hydrogen (secondary N) is 1. The number of aromatic nitrogens is 1. The van der Waals surface area contributed by atoms with Crippen molar-refractivity contribution < 1.29 is 9.53 Å². The Kier molecular flexibility index (Phi) is 3.22. The molecule has 0 radical (unpaired) electrons. The minimum Gasteiger partial charge on any atom is -0.466 e. The average Bonchev–Trinajstić information content (AvgIpc) is 2.93. The second-order valence-electron chi connectivity index (χ2n) is 6.59. The molecule has 0 saturated carbocycles. The third-order valence-corrected chi connectivity index (χ3v) is 5.35. The molecule has 4 rings (SSSR count). The molecule has 1 aliphatic heterocycles. The van der Waals surface area contributed by atoms with E-state index in [0.29, 0.717) is 18.6 Å². The average molecular weight is 298 g/mol. The van der Waals surface area contributed by atoms with Gasteiger partial charge in [0.05, 0.1) is 12.5 Å². The number of ether oxygens (including phenoxy) is 1. The molecule has 2 unspecified atom stereocenters. The number of fused-ring (bicyclic) bond motifs is 2. The van der Waals surface area contributed by atoms with Gasteiger partial charge in [-0.1, -0.05) is 12.1 Å². The number of nitrogens with zero attached hydrogens (tertiary/aromatic N) is 1. The van der Waals surface area contributed by atoms with Crippen molar-refractivity contribution in [2.24, 2.45) is 5.92 Å². The maximum atomic E-state index is 12.2. The molecule has 116 valence electrons. The van der Waals surface area contributed by atoms with Crippen LogP contribution in [0.2, 0.25) is 0 Å². The van der Waals surface area contributed by atoms with E-state index in [1.54, 1.807) is 0 Å². The van der Waals surface area contributed by atoms with Crippen molar-refractivity contribution in [2.75, 3.05) is 20.2 Å². The van der Waals surface area contributed by atoms with Crippen LogP contribution in [0.4, 0.5) is 0 Å². The van der Waals surface area contributed by atoms with E-state index in [-0.39, 0.29) is 11.9 Å². The van der Waals surface area contributed by atoms with Crippen LogP contribution >= 0.6 is 0 Å². The fourth-order valence-corrected chi connectivity index (χ4v) is 4.37. The number of benzene rings is 1. The van der Waals surface area contributed by atoms with Crippen molar-refractivity contribution in [1.82, 2.24) is 9.88 Å². The molecule has 1 N–H and O–H groups in total. The predicted octanol–water partition coefficient (Wildman–Crippen LogP) is 2.69. The van der Waals surface area contributed by atoms with Crippen LogP contribution in [0.15, 0.2) is 24.4 Å². The summed E-state index contributed by atoms with van der Waals surface area (Å²) in [6.07, 6.45) is 4.11. The number of aromatic amines is 1. The third-order valence-electron chi connectivity index (χ3n) is 5.35. The number of esters is 1. The summed E-state index contributed by atoms with van der Waals surface area (Å²) in [5.74, 6) is 0.363.